The van der Waals surface area contributed by atoms with Crippen LogP contribution in [0, 0.1) is 0 Å². The Balaban J connectivity index is 2.13. The van der Waals surface area contributed by atoms with Crippen LogP contribution in [0.1, 0.15) is 33.6 Å². The maximum Gasteiger partial charge on any atom is 0.241 e. The highest BCUT2D eigenvalue weighted by atomic mass is 16.2. The van der Waals surface area contributed by atoms with Gasteiger partial charge in [0.2, 0.25) is 5.91 Å². The Bertz CT molecular complexity index is 269. The lowest BCUT2D eigenvalue weighted by Gasteiger charge is -2.43. The molecule has 0 aromatic carbocycles. The molecule has 92 valence electrons. The molecule has 2 rings (SSSR count). The number of likely N-dealkylation sites (tertiary alicyclic amines) is 1. The average Bonchev–Trinajstić information content (AvgIpc) is 2.58. The van der Waals surface area contributed by atoms with E-state index in [1.165, 1.54) is 0 Å². The van der Waals surface area contributed by atoms with Crippen LogP contribution in [0.5, 0.6) is 0 Å². The third-order valence-electron chi connectivity index (χ3n) is 4.14. The van der Waals surface area contributed by atoms with Gasteiger partial charge >= 0.3 is 0 Å². The molecule has 4 heteroatoms. The molecule has 2 aliphatic rings. The first-order valence-electron chi connectivity index (χ1n) is 6.37. The van der Waals surface area contributed by atoms with Crippen molar-refractivity contribution in [2.45, 2.75) is 45.2 Å². The van der Waals surface area contributed by atoms with Gasteiger partial charge in [0.1, 0.15) is 5.54 Å². The second-order valence-corrected chi connectivity index (χ2v) is 5.19. The number of amides is 1. The van der Waals surface area contributed by atoms with E-state index in [0.29, 0.717) is 6.04 Å². The molecule has 2 aliphatic heterocycles. The molecule has 0 bridgehead atoms. The van der Waals surface area contributed by atoms with E-state index in [0.717, 1.165) is 39.1 Å². The van der Waals surface area contributed by atoms with Crippen LogP contribution in [-0.2, 0) is 4.79 Å². The standard InChI is InChI=1S/C12H23N3O/c1-4-14-7-5-12(6-8-14)11(16)13-9-15(12)10(2)3/h10H,4-9H2,1-3H3,(H,13,16). The van der Waals surface area contributed by atoms with Crippen molar-refractivity contribution in [3.05, 3.63) is 0 Å². The van der Waals surface area contributed by atoms with E-state index in [1.807, 2.05) is 0 Å². The molecule has 16 heavy (non-hydrogen) atoms. The van der Waals surface area contributed by atoms with Crippen molar-refractivity contribution in [2.75, 3.05) is 26.3 Å². The quantitative estimate of drug-likeness (QED) is 0.749. The normalized spacial score (nSPS) is 26.6. The summed E-state index contributed by atoms with van der Waals surface area (Å²) in [7, 11) is 0. The zero-order chi connectivity index (χ0) is 11.8. The summed E-state index contributed by atoms with van der Waals surface area (Å²) in [5.41, 5.74) is -0.208. The number of piperidine rings is 1. The number of carbonyl (C=O) groups excluding carboxylic acids is 1. The summed E-state index contributed by atoms with van der Waals surface area (Å²) in [6, 6.07) is 0.437. The highest BCUT2D eigenvalue weighted by molar-refractivity contribution is 5.88. The largest absolute Gasteiger partial charge is 0.342 e. The summed E-state index contributed by atoms with van der Waals surface area (Å²) in [6.45, 7) is 10.5. The van der Waals surface area contributed by atoms with E-state index in [1.54, 1.807) is 0 Å². The molecule has 0 radical (unpaired) electrons. The van der Waals surface area contributed by atoms with Crippen molar-refractivity contribution in [1.82, 2.24) is 15.1 Å². The molecule has 4 nitrogen and oxygen atoms in total. The minimum absolute atomic E-state index is 0.208. The van der Waals surface area contributed by atoms with Gasteiger partial charge in [0.25, 0.3) is 0 Å². The van der Waals surface area contributed by atoms with Crippen LogP contribution in [0.3, 0.4) is 0 Å². The summed E-state index contributed by atoms with van der Waals surface area (Å²) in [5.74, 6) is 0.247. The lowest BCUT2D eigenvalue weighted by molar-refractivity contribution is -0.130. The number of carbonyl (C=O) groups is 1. The Labute approximate surface area is 98.0 Å². The third-order valence-corrected chi connectivity index (χ3v) is 4.14. The van der Waals surface area contributed by atoms with Gasteiger partial charge in [-0.3, -0.25) is 9.69 Å². The minimum atomic E-state index is -0.208. The van der Waals surface area contributed by atoms with E-state index in [2.05, 4.69) is 35.9 Å². The van der Waals surface area contributed by atoms with Gasteiger partial charge in [-0.05, 0) is 33.2 Å². The molecule has 0 aliphatic carbocycles. The number of nitrogens with zero attached hydrogens (tertiary/aromatic N) is 2. The van der Waals surface area contributed by atoms with E-state index in [9.17, 15) is 4.79 Å². The summed E-state index contributed by atoms with van der Waals surface area (Å²) >= 11 is 0. The Hall–Kier alpha value is -0.610. The van der Waals surface area contributed by atoms with Gasteiger partial charge in [0, 0.05) is 19.1 Å². The topological polar surface area (TPSA) is 35.6 Å². The van der Waals surface area contributed by atoms with E-state index < -0.39 is 0 Å². The number of hydrogen-bond acceptors (Lipinski definition) is 3. The van der Waals surface area contributed by atoms with Gasteiger partial charge in [-0.1, -0.05) is 6.92 Å². The summed E-state index contributed by atoms with van der Waals surface area (Å²) in [5, 5.41) is 3.01. The lowest BCUT2D eigenvalue weighted by Crippen LogP contribution is -2.57. The Morgan fingerprint density at radius 2 is 2.00 bits per heavy atom. The predicted octanol–water partition coefficient (Wildman–Crippen LogP) is 0.639. The van der Waals surface area contributed by atoms with Crippen molar-refractivity contribution in [3.63, 3.8) is 0 Å². The number of nitrogens with one attached hydrogen (secondary N) is 1. The fourth-order valence-corrected chi connectivity index (χ4v) is 3.03. The summed E-state index contributed by atoms with van der Waals surface area (Å²) in [6.07, 6.45) is 1.95. The maximum atomic E-state index is 12.1. The zero-order valence-corrected chi connectivity index (χ0v) is 10.6. The SMILES string of the molecule is CCN1CCC2(CC1)C(=O)NCN2C(C)C. The van der Waals surface area contributed by atoms with Crippen LogP contribution in [0.4, 0.5) is 0 Å². The number of hydrogen-bond donors (Lipinski definition) is 1. The first-order chi connectivity index (χ1) is 7.60. The van der Waals surface area contributed by atoms with Crippen molar-refractivity contribution < 1.29 is 4.79 Å². The molecule has 2 heterocycles. The van der Waals surface area contributed by atoms with E-state index in [4.69, 9.17) is 0 Å². The monoisotopic (exact) mass is 225 g/mol. The number of rotatable bonds is 2. The Morgan fingerprint density at radius 1 is 1.38 bits per heavy atom. The lowest BCUT2D eigenvalue weighted by atomic mass is 9.85. The van der Waals surface area contributed by atoms with Crippen LogP contribution in [0.2, 0.25) is 0 Å². The minimum Gasteiger partial charge on any atom is -0.342 e. The van der Waals surface area contributed by atoms with Crippen LogP contribution in [0.25, 0.3) is 0 Å². The molecule has 0 aromatic heterocycles. The smallest absolute Gasteiger partial charge is 0.241 e. The average molecular weight is 225 g/mol. The van der Waals surface area contributed by atoms with Crippen molar-refractivity contribution >= 4 is 5.91 Å². The van der Waals surface area contributed by atoms with Crippen LogP contribution in [-0.4, -0.2) is 53.6 Å². The van der Waals surface area contributed by atoms with Crippen molar-refractivity contribution in [2.24, 2.45) is 0 Å². The van der Waals surface area contributed by atoms with Crippen LogP contribution in [0.15, 0.2) is 0 Å². The summed E-state index contributed by atoms with van der Waals surface area (Å²) < 4.78 is 0. The van der Waals surface area contributed by atoms with Crippen LogP contribution >= 0.6 is 0 Å². The molecule has 2 saturated heterocycles. The first-order valence-corrected chi connectivity index (χ1v) is 6.37. The molecule has 1 N–H and O–H groups in total. The summed E-state index contributed by atoms with van der Waals surface area (Å²) in [4.78, 5) is 16.9. The highest BCUT2D eigenvalue weighted by Crippen LogP contribution is 2.33. The Morgan fingerprint density at radius 3 is 2.50 bits per heavy atom. The first kappa shape index (κ1) is 11.9. The third kappa shape index (κ3) is 1.74. The molecule has 0 unspecified atom stereocenters. The van der Waals surface area contributed by atoms with Gasteiger partial charge in [-0.2, -0.15) is 0 Å². The second kappa shape index (κ2) is 4.34. The highest BCUT2D eigenvalue weighted by Gasteiger charge is 2.50. The van der Waals surface area contributed by atoms with E-state index in [-0.39, 0.29) is 11.4 Å². The Kier molecular flexibility index (Phi) is 3.22. The molecule has 2 fully saturated rings. The fraction of sp³-hybridized carbons (Fsp3) is 0.917. The molecular weight excluding hydrogens is 202 g/mol. The van der Waals surface area contributed by atoms with Gasteiger partial charge in [-0.25, -0.2) is 0 Å². The molecule has 1 spiro atoms. The van der Waals surface area contributed by atoms with Gasteiger partial charge < -0.3 is 10.2 Å². The predicted molar refractivity (Wildman–Crippen MR) is 64.1 cm³/mol. The van der Waals surface area contributed by atoms with Gasteiger partial charge in [0.15, 0.2) is 0 Å². The zero-order valence-electron chi connectivity index (χ0n) is 10.6. The van der Waals surface area contributed by atoms with Crippen molar-refractivity contribution in [1.29, 1.82) is 0 Å². The molecule has 0 saturated carbocycles. The van der Waals surface area contributed by atoms with Gasteiger partial charge in [0.05, 0.1) is 6.67 Å². The van der Waals surface area contributed by atoms with Crippen molar-refractivity contribution in [3.8, 4) is 0 Å². The van der Waals surface area contributed by atoms with Gasteiger partial charge in [-0.15, -0.1) is 0 Å². The molecule has 1 amide bonds. The maximum absolute atomic E-state index is 12.1. The molecular formula is C12H23N3O. The van der Waals surface area contributed by atoms with E-state index >= 15 is 0 Å². The second-order valence-electron chi connectivity index (χ2n) is 5.19. The fourth-order valence-electron chi connectivity index (χ4n) is 3.03. The molecule has 0 atom stereocenters. The molecule has 0 aromatic rings. The van der Waals surface area contributed by atoms with Crippen LogP contribution < -0.4 is 5.32 Å².